The maximum atomic E-state index is 4.87. The maximum Gasteiger partial charge on any atom is 0.223 e. The van der Waals surface area contributed by atoms with Gasteiger partial charge in [0.05, 0.1) is 6.54 Å². The van der Waals surface area contributed by atoms with E-state index in [-0.39, 0.29) is 0 Å². The number of halogens is 1. The third-order valence-electron chi connectivity index (χ3n) is 2.03. The van der Waals surface area contributed by atoms with Gasteiger partial charge >= 0.3 is 0 Å². The SMILES string of the molecule is Cc1nc(CNc2ncc(Br)cc2C)no1. The lowest BCUT2D eigenvalue weighted by Crippen LogP contribution is -2.04. The van der Waals surface area contributed by atoms with Gasteiger partial charge in [-0.1, -0.05) is 5.16 Å². The molecule has 0 saturated carbocycles. The first kappa shape index (κ1) is 11.1. The van der Waals surface area contributed by atoms with Crippen molar-refractivity contribution in [3.8, 4) is 0 Å². The predicted octanol–water partition coefficient (Wildman–Crippen LogP) is 2.46. The van der Waals surface area contributed by atoms with Gasteiger partial charge in [0.1, 0.15) is 5.82 Å². The maximum absolute atomic E-state index is 4.87. The second kappa shape index (κ2) is 4.61. The molecule has 2 rings (SSSR count). The number of anilines is 1. The fourth-order valence-corrected chi connectivity index (χ4v) is 1.75. The molecule has 0 aliphatic carbocycles. The van der Waals surface area contributed by atoms with Crippen LogP contribution in [0.3, 0.4) is 0 Å². The Morgan fingerprint density at radius 1 is 1.44 bits per heavy atom. The summed E-state index contributed by atoms with van der Waals surface area (Å²) in [5.74, 6) is 2.02. The van der Waals surface area contributed by atoms with E-state index in [0.717, 1.165) is 15.9 Å². The molecule has 2 heterocycles. The van der Waals surface area contributed by atoms with Crippen LogP contribution in [0.25, 0.3) is 0 Å². The van der Waals surface area contributed by atoms with Crippen LogP contribution in [0, 0.1) is 13.8 Å². The number of aryl methyl sites for hydroxylation is 2. The van der Waals surface area contributed by atoms with Crippen LogP contribution in [0.4, 0.5) is 5.82 Å². The van der Waals surface area contributed by atoms with Crippen LogP contribution in [0.2, 0.25) is 0 Å². The lowest BCUT2D eigenvalue weighted by molar-refractivity contribution is 0.388. The van der Waals surface area contributed by atoms with E-state index in [1.807, 2.05) is 13.0 Å². The molecule has 16 heavy (non-hydrogen) atoms. The lowest BCUT2D eigenvalue weighted by atomic mass is 10.3. The third kappa shape index (κ3) is 2.57. The van der Waals surface area contributed by atoms with Gasteiger partial charge in [-0.05, 0) is 34.5 Å². The van der Waals surface area contributed by atoms with Gasteiger partial charge in [0, 0.05) is 17.6 Å². The Balaban J connectivity index is 2.04. The van der Waals surface area contributed by atoms with Crippen molar-refractivity contribution in [3.63, 3.8) is 0 Å². The van der Waals surface area contributed by atoms with E-state index in [9.17, 15) is 0 Å². The Morgan fingerprint density at radius 2 is 2.25 bits per heavy atom. The summed E-state index contributed by atoms with van der Waals surface area (Å²) in [6, 6.07) is 2.00. The minimum atomic E-state index is 0.507. The van der Waals surface area contributed by atoms with Crippen LogP contribution >= 0.6 is 15.9 Å². The van der Waals surface area contributed by atoms with Crippen LogP contribution in [0.1, 0.15) is 17.3 Å². The van der Waals surface area contributed by atoms with Gasteiger partial charge in [0.2, 0.25) is 5.89 Å². The number of nitrogens with zero attached hydrogens (tertiary/aromatic N) is 3. The molecule has 0 saturated heterocycles. The van der Waals surface area contributed by atoms with Crippen molar-refractivity contribution in [2.24, 2.45) is 0 Å². The summed E-state index contributed by atoms with van der Waals surface area (Å²) in [6.45, 7) is 4.26. The Bertz CT molecular complexity index is 497. The Morgan fingerprint density at radius 3 is 2.88 bits per heavy atom. The molecule has 0 amide bonds. The van der Waals surface area contributed by atoms with E-state index in [1.165, 1.54) is 0 Å². The molecule has 1 N–H and O–H groups in total. The van der Waals surface area contributed by atoms with Gasteiger partial charge in [-0.25, -0.2) is 4.98 Å². The molecule has 2 aromatic heterocycles. The minimum Gasteiger partial charge on any atom is -0.362 e. The van der Waals surface area contributed by atoms with E-state index < -0.39 is 0 Å². The summed E-state index contributed by atoms with van der Waals surface area (Å²) < 4.78 is 5.84. The standard InChI is InChI=1S/C10H11BrN4O/c1-6-3-8(11)4-12-10(6)13-5-9-14-7(2)16-15-9/h3-4H,5H2,1-2H3,(H,12,13). The topological polar surface area (TPSA) is 63.8 Å². The van der Waals surface area contributed by atoms with E-state index in [0.29, 0.717) is 18.3 Å². The molecule has 0 fully saturated rings. The van der Waals surface area contributed by atoms with Gasteiger partial charge in [-0.3, -0.25) is 0 Å². The minimum absolute atomic E-state index is 0.507. The molecule has 2 aromatic rings. The molecule has 84 valence electrons. The quantitative estimate of drug-likeness (QED) is 0.937. The number of hydrogen-bond donors (Lipinski definition) is 1. The highest BCUT2D eigenvalue weighted by atomic mass is 79.9. The van der Waals surface area contributed by atoms with E-state index in [2.05, 4.69) is 36.4 Å². The Labute approximate surface area is 101 Å². The summed E-state index contributed by atoms with van der Waals surface area (Å²) >= 11 is 3.37. The van der Waals surface area contributed by atoms with Crippen LogP contribution in [0.5, 0.6) is 0 Å². The number of pyridine rings is 1. The largest absolute Gasteiger partial charge is 0.362 e. The summed E-state index contributed by atoms with van der Waals surface area (Å²) in [4.78, 5) is 8.35. The molecule has 0 radical (unpaired) electrons. The zero-order chi connectivity index (χ0) is 11.5. The second-order valence-corrected chi connectivity index (χ2v) is 4.32. The Kier molecular flexibility index (Phi) is 3.19. The number of aromatic nitrogens is 3. The highest BCUT2D eigenvalue weighted by Gasteiger charge is 2.04. The number of hydrogen-bond acceptors (Lipinski definition) is 5. The third-order valence-corrected chi connectivity index (χ3v) is 2.46. The van der Waals surface area contributed by atoms with Crippen molar-refractivity contribution in [1.29, 1.82) is 0 Å². The van der Waals surface area contributed by atoms with Crippen LogP contribution in [0.15, 0.2) is 21.3 Å². The summed E-state index contributed by atoms with van der Waals surface area (Å²) in [5, 5.41) is 6.95. The molecule has 0 bridgehead atoms. The van der Waals surface area contributed by atoms with Crippen molar-refractivity contribution in [2.75, 3.05) is 5.32 Å². The molecule has 0 atom stereocenters. The van der Waals surface area contributed by atoms with Crippen molar-refractivity contribution in [3.05, 3.63) is 34.0 Å². The summed E-state index contributed by atoms with van der Waals surface area (Å²) in [7, 11) is 0. The van der Waals surface area contributed by atoms with Crippen molar-refractivity contribution in [2.45, 2.75) is 20.4 Å². The smallest absolute Gasteiger partial charge is 0.223 e. The summed E-state index contributed by atoms with van der Waals surface area (Å²) in [6.07, 6.45) is 1.75. The van der Waals surface area contributed by atoms with Gasteiger partial charge in [-0.15, -0.1) is 0 Å². The highest BCUT2D eigenvalue weighted by Crippen LogP contribution is 2.16. The first-order chi connectivity index (χ1) is 7.65. The molecule has 0 spiro atoms. The van der Waals surface area contributed by atoms with Crippen molar-refractivity contribution >= 4 is 21.7 Å². The van der Waals surface area contributed by atoms with E-state index in [1.54, 1.807) is 13.1 Å². The van der Waals surface area contributed by atoms with Crippen molar-refractivity contribution < 1.29 is 4.52 Å². The molecule has 0 aliphatic heterocycles. The number of rotatable bonds is 3. The van der Waals surface area contributed by atoms with E-state index >= 15 is 0 Å². The van der Waals surface area contributed by atoms with E-state index in [4.69, 9.17) is 4.52 Å². The molecule has 0 unspecified atom stereocenters. The van der Waals surface area contributed by atoms with Crippen molar-refractivity contribution in [1.82, 2.24) is 15.1 Å². The predicted molar refractivity (Wildman–Crippen MR) is 63.0 cm³/mol. The molecule has 5 nitrogen and oxygen atoms in total. The van der Waals surface area contributed by atoms with Gasteiger partial charge in [0.25, 0.3) is 0 Å². The normalized spacial score (nSPS) is 10.4. The molecule has 0 aliphatic rings. The van der Waals surface area contributed by atoms with Crippen LogP contribution < -0.4 is 5.32 Å². The second-order valence-electron chi connectivity index (χ2n) is 3.40. The molecular weight excluding hydrogens is 272 g/mol. The lowest BCUT2D eigenvalue weighted by Gasteiger charge is -2.05. The number of nitrogens with one attached hydrogen (secondary N) is 1. The fraction of sp³-hybridized carbons (Fsp3) is 0.300. The monoisotopic (exact) mass is 282 g/mol. The Hall–Kier alpha value is -1.43. The molecule has 6 heteroatoms. The highest BCUT2D eigenvalue weighted by molar-refractivity contribution is 9.10. The van der Waals surface area contributed by atoms with Gasteiger partial charge in [-0.2, -0.15) is 4.98 Å². The first-order valence-electron chi connectivity index (χ1n) is 4.80. The molecule has 0 aromatic carbocycles. The zero-order valence-electron chi connectivity index (χ0n) is 8.99. The van der Waals surface area contributed by atoms with Gasteiger partial charge < -0.3 is 9.84 Å². The molecular formula is C10H11BrN4O. The average Bonchev–Trinajstić information content (AvgIpc) is 2.63. The summed E-state index contributed by atoms with van der Waals surface area (Å²) in [5.41, 5.74) is 1.06. The van der Waals surface area contributed by atoms with Crippen LogP contribution in [-0.4, -0.2) is 15.1 Å². The zero-order valence-corrected chi connectivity index (χ0v) is 10.6. The first-order valence-corrected chi connectivity index (χ1v) is 5.59. The van der Waals surface area contributed by atoms with Crippen LogP contribution in [-0.2, 0) is 6.54 Å². The van der Waals surface area contributed by atoms with Gasteiger partial charge in [0.15, 0.2) is 5.82 Å². The fourth-order valence-electron chi connectivity index (χ4n) is 1.30. The average molecular weight is 283 g/mol.